The second-order valence-electron chi connectivity index (χ2n) is 4.65. The van der Waals surface area contributed by atoms with Gasteiger partial charge in [-0.25, -0.2) is 8.78 Å². The molecule has 1 aliphatic rings. The minimum atomic E-state index is -0.481. The maximum Gasteiger partial charge on any atom is 0.144 e. The lowest BCUT2D eigenvalue weighted by atomic mass is 10.1. The topological polar surface area (TPSA) is 15.3 Å². The van der Waals surface area contributed by atoms with E-state index in [1.807, 2.05) is 7.05 Å². The highest BCUT2D eigenvalue weighted by atomic mass is 79.9. The Bertz CT molecular complexity index is 431. The number of nitrogens with zero attached hydrogens (tertiary/aromatic N) is 1. The summed E-state index contributed by atoms with van der Waals surface area (Å²) < 4.78 is 27.9. The Kier molecular flexibility index (Phi) is 6.66. The van der Waals surface area contributed by atoms with E-state index in [1.165, 1.54) is 12.1 Å². The molecule has 19 heavy (non-hydrogen) atoms. The Morgan fingerprint density at radius 3 is 2.84 bits per heavy atom. The van der Waals surface area contributed by atoms with Crippen LogP contribution in [-0.2, 0) is 6.54 Å². The molecule has 1 heterocycles. The Hall–Kier alpha value is -0.230. The van der Waals surface area contributed by atoms with Gasteiger partial charge in [0.1, 0.15) is 11.6 Å². The Balaban J connectivity index is 0.00000180. The van der Waals surface area contributed by atoms with Gasteiger partial charge in [-0.15, -0.1) is 12.4 Å². The molecule has 2 rings (SSSR count). The summed E-state index contributed by atoms with van der Waals surface area (Å²) in [6.07, 6.45) is 2.17. The molecule has 6 heteroatoms. The SMILES string of the molecule is CNCC1CCCN1Cc1c(F)ccc(Br)c1F.Cl. The number of nitrogens with one attached hydrogen (secondary N) is 1. The summed E-state index contributed by atoms with van der Waals surface area (Å²) in [5.74, 6) is -0.948. The number of hydrogen-bond acceptors (Lipinski definition) is 2. The molecule has 0 aromatic heterocycles. The lowest BCUT2D eigenvalue weighted by Crippen LogP contribution is -2.36. The molecular weight excluding hydrogens is 338 g/mol. The number of likely N-dealkylation sites (N-methyl/N-ethyl adjacent to an activating group) is 1. The molecule has 1 aromatic rings. The van der Waals surface area contributed by atoms with Gasteiger partial charge >= 0.3 is 0 Å². The Morgan fingerprint density at radius 2 is 2.16 bits per heavy atom. The van der Waals surface area contributed by atoms with Gasteiger partial charge in [-0.3, -0.25) is 4.90 Å². The van der Waals surface area contributed by atoms with Crippen LogP contribution < -0.4 is 5.32 Å². The van der Waals surface area contributed by atoms with Gasteiger partial charge in [0.25, 0.3) is 0 Å². The summed E-state index contributed by atoms with van der Waals surface area (Å²) in [5, 5.41) is 3.13. The standard InChI is InChI=1S/C13H17BrF2N2.ClH/c1-17-7-9-3-2-6-18(9)8-10-12(15)5-4-11(14)13(10)16;/h4-5,9,17H,2-3,6-8H2,1H3;1H. The second kappa shape index (κ2) is 7.53. The highest BCUT2D eigenvalue weighted by Crippen LogP contribution is 2.26. The third kappa shape index (κ3) is 3.88. The largest absolute Gasteiger partial charge is 0.318 e. The van der Waals surface area contributed by atoms with Crippen LogP contribution in [-0.4, -0.2) is 31.1 Å². The minimum absolute atomic E-state index is 0. The molecular formula is C13H18BrClF2N2. The van der Waals surface area contributed by atoms with Crippen LogP contribution >= 0.6 is 28.3 Å². The van der Waals surface area contributed by atoms with Crippen LogP contribution in [0.4, 0.5) is 8.78 Å². The van der Waals surface area contributed by atoms with Crippen molar-refractivity contribution < 1.29 is 8.78 Å². The number of likely N-dealkylation sites (tertiary alicyclic amines) is 1. The van der Waals surface area contributed by atoms with Crippen molar-refractivity contribution >= 4 is 28.3 Å². The second-order valence-corrected chi connectivity index (χ2v) is 5.50. The highest BCUT2D eigenvalue weighted by Gasteiger charge is 2.26. The molecule has 1 N–H and O–H groups in total. The van der Waals surface area contributed by atoms with Crippen molar-refractivity contribution in [3.63, 3.8) is 0 Å². The molecule has 0 radical (unpaired) electrons. The lowest BCUT2D eigenvalue weighted by Gasteiger charge is -2.24. The van der Waals surface area contributed by atoms with Crippen LogP contribution in [0.15, 0.2) is 16.6 Å². The van der Waals surface area contributed by atoms with Gasteiger partial charge in [-0.2, -0.15) is 0 Å². The molecule has 2 nitrogen and oxygen atoms in total. The summed E-state index contributed by atoms with van der Waals surface area (Å²) in [7, 11) is 1.90. The predicted octanol–water partition coefficient (Wildman–Crippen LogP) is 3.33. The quantitative estimate of drug-likeness (QED) is 0.834. The maximum absolute atomic E-state index is 13.9. The van der Waals surface area contributed by atoms with Crippen LogP contribution in [0.3, 0.4) is 0 Å². The van der Waals surface area contributed by atoms with Crippen molar-refractivity contribution in [3.8, 4) is 0 Å². The van der Waals surface area contributed by atoms with Crippen LogP contribution in [0.1, 0.15) is 18.4 Å². The van der Waals surface area contributed by atoms with E-state index in [4.69, 9.17) is 0 Å². The fraction of sp³-hybridized carbons (Fsp3) is 0.538. The number of rotatable bonds is 4. The van der Waals surface area contributed by atoms with Crippen molar-refractivity contribution in [3.05, 3.63) is 33.8 Å². The third-order valence-corrected chi connectivity index (χ3v) is 4.05. The van der Waals surface area contributed by atoms with Gasteiger partial charge in [-0.1, -0.05) is 0 Å². The summed E-state index contributed by atoms with van der Waals surface area (Å²) in [6.45, 7) is 2.10. The van der Waals surface area contributed by atoms with Gasteiger partial charge in [0.2, 0.25) is 0 Å². The fourth-order valence-electron chi connectivity index (χ4n) is 2.49. The van der Waals surface area contributed by atoms with E-state index < -0.39 is 11.6 Å². The molecule has 0 bridgehead atoms. The van der Waals surface area contributed by atoms with E-state index in [9.17, 15) is 8.78 Å². The van der Waals surface area contributed by atoms with Gasteiger partial charge in [0.05, 0.1) is 4.47 Å². The van der Waals surface area contributed by atoms with E-state index in [1.54, 1.807) is 0 Å². The zero-order valence-electron chi connectivity index (χ0n) is 10.8. The first-order chi connectivity index (χ1) is 8.63. The van der Waals surface area contributed by atoms with Crippen molar-refractivity contribution in [2.45, 2.75) is 25.4 Å². The molecule has 1 unspecified atom stereocenters. The number of benzene rings is 1. The summed E-state index contributed by atoms with van der Waals surface area (Å²) in [4.78, 5) is 2.14. The monoisotopic (exact) mass is 354 g/mol. The zero-order chi connectivity index (χ0) is 13.1. The molecule has 1 fully saturated rings. The van der Waals surface area contributed by atoms with Crippen LogP contribution in [0.5, 0.6) is 0 Å². The average molecular weight is 356 g/mol. The highest BCUT2D eigenvalue weighted by molar-refractivity contribution is 9.10. The fourth-order valence-corrected chi connectivity index (χ4v) is 2.86. The predicted molar refractivity (Wildman–Crippen MR) is 78.7 cm³/mol. The van der Waals surface area contributed by atoms with E-state index in [0.29, 0.717) is 17.1 Å². The van der Waals surface area contributed by atoms with Crippen LogP contribution in [0.25, 0.3) is 0 Å². The smallest absolute Gasteiger partial charge is 0.144 e. The molecule has 1 aliphatic heterocycles. The van der Waals surface area contributed by atoms with E-state index in [0.717, 1.165) is 25.9 Å². The molecule has 0 spiro atoms. The van der Waals surface area contributed by atoms with Crippen molar-refractivity contribution in [2.75, 3.05) is 20.1 Å². The molecule has 0 amide bonds. The van der Waals surface area contributed by atoms with Gasteiger partial charge < -0.3 is 5.32 Å². The lowest BCUT2D eigenvalue weighted by molar-refractivity contribution is 0.235. The van der Waals surface area contributed by atoms with Gasteiger partial charge in [0.15, 0.2) is 0 Å². The van der Waals surface area contributed by atoms with Crippen LogP contribution in [0, 0.1) is 11.6 Å². The van der Waals surface area contributed by atoms with Gasteiger partial charge in [-0.05, 0) is 54.5 Å². The first-order valence-electron chi connectivity index (χ1n) is 6.14. The maximum atomic E-state index is 13.9. The molecule has 0 saturated carbocycles. The van der Waals surface area contributed by atoms with Crippen molar-refractivity contribution in [1.29, 1.82) is 0 Å². The van der Waals surface area contributed by atoms with E-state index >= 15 is 0 Å². The molecule has 1 atom stereocenters. The Morgan fingerprint density at radius 1 is 1.42 bits per heavy atom. The van der Waals surface area contributed by atoms with Crippen molar-refractivity contribution in [2.24, 2.45) is 0 Å². The number of halogens is 4. The van der Waals surface area contributed by atoms with Gasteiger partial charge in [0, 0.05) is 24.7 Å². The first kappa shape index (κ1) is 16.8. The van der Waals surface area contributed by atoms with E-state index in [2.05, 4.69) is 26.1 Å². The molecule has 1 saturated heterocycles. The summed E-state index contributed by atoms with van der Waals surface area (Å²) >= 11 is 3.10. The average Bonchev–Trinajstić information content (AvgIpc) is 2.78. The normalized spacial score (nSPS) is 19.5. The zero-order valence-corrected chi connectivity index (χ0v) is 13.2. The van der Waals surface area contributed by atoms with E-state index in [-0.39, 0.29) is 18.0 Å². The summed E-state index contributed by atoms with van der Waals surface area (Å²) in [6, 6.07) is 3.09. The minimum Gasteiger partial charge on any atom is -0.318 e. The summed E-state index contributed by atoms with van der Waals surface area (Å²) in [5.41, 5.74) is 0.160. The third-order valence-electron chi connectivity index (χ3n) is 3.44. The molecule has 0 aliphatic carbocycles. The molecule has 108 valence electrons. The first-order valence-corrected chi connectivity index (χ1v) is 6.93. The number of hydrogen-bond donors (Lipinski definition) is 1. The van der Waals surface area contributed by atoms with Crippen molar-refractivity contribution in [1.82, 2.24) is 10.2 Å². The molecule has 1 aromatic carbocycles. The van der Waals surface area contributed by atoms with Crippen LogP contribution in [0.2, 0.25) is 0 Å². The Labute approximate surface area is 127 Å².